The molecule has 0 amide bonds. The molecule has 0 N–H and O–H groups in total. The van der Waals surface area contributed by atoms with Gasteiger partial charge in [-0.3, -0.25) is 0 Å². The maximum atomic E-state index is 2.50. The Hall–Kier alpha value is -9.76. The van der Waals surface area contributed by atoms with Crippen molar-refractivity contribution in [2.24, 2.45) is 0 Å². The fourth-order valence-corrected chi connectivity index (χ4v) is 14.8. The van der Waals surface area contributed by atoms with Crippen LogP contribution < -0.4 is 9.80 Å². The maximum Gasteiger partial charge on any atom is 0.0725 e. The lowest BCUT2D eigenvalue weighted by molar-refractivity contribution is 0.660. The Morgan fingerprint density at radius 1 is 0.198 bits per heavy atom. The molecule has 12 aromatic rings. The van der Waals surface area contributed by atoms with E-state index in [-0.39, 0.29) is 10.8 Å². The lowest BCUT2D eigenvalue weighted by Crippen LogP contribution is -2.26. The highest BCUT2D eigenvalue weighted by atomic mass is 15.1. The molecule has 4 aliphatic carbocycles. The molecule has 0 saturated heterocycles. The summed E-state index contributed by atoms with van der Waals surface area (Å²) in [5.41, 5.74) is 31.6. The SMILES string of the molecule is CC1(C)c2ccccc2-c2ccc(N(c3ccc(-c4ccccc4)cc3)c3ccc4c(c3)-c3cc(N(c5ccc(-c6ccccc6)cc5)c5ccc6c(c5)C(C)(C)c5ccccc5-6)ccc3C43c4ccccc4-c4ccccc43)cc21. The number of hydrogen-bond donors (Lipinski definition) is 0. The summed E-state index contributed by atoms with van der Waals surface area (Å²) in [5.74, 6) is 0. The molecule has 0 heterocycles. The molecule has 0 fully saturated rings. The van der Waals surface area contributed by atoms with Crippen LogP contribution in [0.1, 0.15) is 72.2 Å². The summed E-state index contributed by atoms with van der Waals surface area (Å²) in [5, 5.41) is 0. The molecule has 0 saturated carbocycles. The largest absolute Gasteiger partial charge is 0.310 e. The zero-order valence-corrected chi connectivity index (χ0v) is 46.0. The zero-order chi connectivity index (χ0) is 54.2. The highest BCUT2D eigenvalue weighted by Gasteiger charge is 2.52. The minimum atomic E-state index is -0.536. The Balaban J connectivity index is 0.922. The van der Waals surface area contributed by atoms with E-state index >= 15 is 0 Å². The summed E-state index contributed by atoms with van der Waals surface area (Å²) in [6.07, 6.45) is 0. The summed E-state index contributed by atoms with van der Waals surface area (Å²) in [6, 6.07) is 105. The van der Waals surface area contributed by atoms with E-state index in [1.165, 1.54) is 111 Å². The molecule has 16 rings (SSSR count). The quantitative estimate of drug-likeness (QED) is 0.150. The number of hydrogen-bond acceptors (Lipinski definition) is 2. The Labute approximate surface area is 475 Å². The standard InChI is InChI=1S/C79H58N2/c1-77(2)69-27-15-11-23-61(69)65-43-39-59(49-75(65)77)80(55-35-31-53(32-36-55)51-19-7-5-8-20-51)57-41-45-73-67(47-57)68-48-58(42-46-74(68)79(73)71-29-17-13-25-63(71)64-26-14-18-30-72(64)79)81(56-37-33-54(34-38-56)52-21-9-6-10-22-52)60-40-44-66-62-24-12-16-28-70(62)78(3,4)76(66)50-60/h5-50H,1-4H3. The van der Waals surface area contributed by atoms with Gasteiger partial charge in [0.25, 0.3) is 0 Å². The van der Waals surface area contributed by atoms with Crippen LogP contribution in [-0.4, -0.2) is 0 Å². The van der Waals surface area contributed by atoms with Crippen molar-refractivity contribution in [2.75, 3.05) is 9.80 Å². The molecule has 1 spiro atoms. The second-order valence-corrected chi connectivity index (χ2v) is 23.6. The van der Waals surface area contributed by atoms with Crippen LogP contribution in [0.5, 0.6) is 0 Å². The molecule has 0 aliphatic heterocycles. The highest BCUT2D eigenvalue weighted by molar-refractivity contribution is 5.99. The lowest BCUT2D eigenvalue weighted by atomic mass is 9.70. The van der Waals surface area contributed by atoms with E-state index in [0.717, 1.165) is 34.1 Å². The van der Waals surface area contributed by atoms with E-state index in [1.807, 2.05) is 0 Å². The molecule has 2 nitrogen and oxygen atoms in total. The third-order valence-electron chi connectivity index (χ3n) is 18.7. The minimum Gasteiger partial charge on any atom is -0.310 e. The summed E-state index contributed by atoms with van der Waals surface area (Å²) in [6.45, 7) is 9.52. The second-order valence-electron chi connectivity index (χ2n) is 23.6. The number of fused-ring (bicyclic) bond motifs is 16. The molecule has 384 valence electrons. The third kappa shape index (κ3) is 6.87. The van der Waals surface area contributed by atoms with Gasteiger partial charge in [-0.05, 0) is 184 Å². The molecule has 0 bridgehead atoms. The van der Waals surface area contributed by atoms with Crippen LogP contribution in [0.2, 0.25) is 0 Å². The number of rotatable bonds is 8. The van der Waals surface area contributed by atoms with Gasteiger partial charge in [0.15, 0.2) is 0 Å². The first-order chi connectivity index (χ1) is 39.7. The van der Waals surface area contributed by atoms with Gasteiger partial charge in [0.2, 0.25) is 0 Å². The summed E-state index contributed by atoms with van der Waals surface area (Å²) < 4.78 is 0. The number of nitrogens with zero attached hydrogens (tertiary/aromatic N) is 2. The molecule has 12 aromatic carbocycles. The zero-order valence-electron chi connectivity index (χ0n) is 46.0. The first-order valence-corrected chi connectivity index (χ1v) is 28.6. The normalized spacial score (nSPS) is 14.5. The van der Waals surface area contributed by atoms with Gasteiger partial charge in [-0.2, -0.15) is 0 Å². The topological polar surface area (TPSA) is 6.48 Å². The van der Waals surface area contributed by atoms with Crippen molar-refractivity contribution >= 4 is 34.1 Å². The molecule has 0 atom stereocenters. The van der Waals surface area contributed by atoms with Gasteiger partial charge < -0.3 is 9.80 Å². The van der Waals surface area contributed by atoms with E-state index in [9.17, 15) is 0 Å². The number of benzene rings is 12. The molecule has 81 heavy (non-hydrogen) atoms. The van der Waals surface area contributed by atoms with Crippen LogP contribution in [0.4, 0.5) is 34.1 Å². The van der Waals surface area contributed by atoms with Gasteiger partial charge in [0.05, 0.1) is 5.41 Å². The first kappa shape index (κ1) is 47.3. The van der Waals surface area contributed by atoms with Crippen LogP contribution >= 0.6 is 0 Å². The Bertz CT molecular complexity index is 4220. The highest BCUT2D eigenvalue weighted by Crippen LogP contribution is 2.64. The van der Waals surface area contributed by atoms with Crippen LogP contribution in [0.15, 0.2) is 279 Å². The second kappa shape index (κ2) is 17.6. The van der Waals surface area contributed by atoms with Gasteiger partial charge >= 0.3 is 0 Å². The Kier molecular flexibility index (Phi) is 10.3. The van der Waals surface area contributed by atoms with E-state index in [2.05, 4.69) is 317 Å². The van der Waals surface area contributed by atoms with Crippen molar-refractivity contribution in [3.63, 3.8) is 0 Å². The predicted octanol–water partition coefficient (Wildman–Crippen LogP) is 20.9. The van der Waals surface area contributed by atoms with Crippen molar-refractivity contribution in [1.82, 2.24) is 0 Å². The van der Waals surface area contributed by atoms with E-state index < -0.39 is 5.41 Å². The molecule has 0 aromatic heterocycles. The van der Waals surface area contributed by atoms with Crippen LogP contribution in [0.25, 0.3) is 66.8 Å². The molecule has 0 unspecified atom stereocenters. The van der Waals surface area contributed by atoms with Crippen LogP contribution in [0.3, 0.4) is 0 Å². The summed E-state index contributed by atoms with van der Waals surface area (Å²) in [7, 11) is 0. The maximum absolute atomic E-state index is 2.50. The average molecular weight is 1040 g/mol. The smallest absolute Gasteiger partial charge is 0.0725 e. The van der Waals surface area contributed by atoms with Gasteiger partial charge in [0.1, 0.15) is 0 Å². The molecular formula is C79H58N2. The Morgan fingerprint density at radius 3 is 0.864 bits per heavy atom. The molecule has 4 aliphatic rings. The monoisotopic (exact) mass is 1030 g/mol. The van der Waals surface area contributed by atoms with Gasteiger partial charge in [-0.15, -0.1) is 0 Å². The molecule has 0 radical (unpaired) electrons. The van der Waals surface area contributed by atoms with Crippen molar-refractivity contribution < 1.29 is 0 Å². The van der Waals surface area contributed by atoms with Crippen molar-refractivity contribution in [3.05, 3.63) is 324 Å². The van der Waals surface area contributed by atoms with Gasteiger partial charge in [-0.1, -0.05) is 234 Å². The lowest BCUT2D eigenvalue weighted by Gasteiger charge is -2.32. The molecular weight excluding hydrogens is 977 g/mol. The summed E-state index contributed by atoms with van der Waals surface area (Å²) >= 11 is 0. The van der Waals surface area contributed by atoms with Crippen molar-refractivity contribution in [3.8, 4) is 66.8 Å². The number of anilines is 6. The van der Waals surface area contributed by atoms with E-state index in [4.69, 9.17) is 0 Å². The first-order valence-electron chi connectivity index (χ1n) is 28.6. The van der Waals surface area contributed by atoms with Crippen LogP contribution in [0, 0.1) is 0 Å². The predicted molar refractivity (Wildman–Crippen MR) is 338 cm³/mol. The van der Waals surface area contributed by atoms with E-state index in [1.54, 1.807) is 0 Å². The average Bonchev–Trinajstić information content (AvgIpc) is 4.35. The van der Waals surface area contributed by atoms with Crippen molar-refractivity contribution in [1.29, 1.82) is 0 Å². The fourth-order valence-electron chi connectivity index (χ4n) is 14.8. The van der Waals surface area contributed by atoms with Crippen molar-refractivity contribution in [2.45, 2.75) is 43.9 Å². The Morgan fingerprint density at radius 2 is 0.469 bits per heavy atom. The van der Waals surface area contributed by atoms with Crippen LogP contribution in [-0.2, 0) is 16.2 Å². The fraction of sp³-hybridized carbons (Fsp3) is 0.0886. The van der Waals surface area contributed by atoms with Gasteiger partial charge in [0, 0.05) is 45.0 Å². The van der Waals surface area contributed by atoms with E-state index in [0.29, 0.717) is 0 Å². The minimum absolute atomic E-state index is 0.167. The third-order valence-corrected chi connectivity index (χ3v) is 18.7. The summed E-state index contributed by atoms with van der Waals surface area (Å²) in [4.78, 5) is 4.98. The molecule has 2 heteroatoms. The van der Waals surface area contributed by atoms with Gasteiger partial charge in [-0.25, -0.2) is 0 Å².